The van der Waals surface area contributed by atoms with Crippen LogP contribution in [0.5, 0.6) is 0 Å². The molecule has 1 amide bonds. The standard InChI is InChI=1S/C9H20N2O2/c1-2-3-4-6-11(7-5-10)9(13)8-12/h12H,2-8,10H2,1H3. The zero-order valence-electron chi connectivity index (χ0n) is 8.33. The van der Waals surface area contributed by atoms with Gasteiger partial charge >= 0.3 is 0 Å². The number of hydrogen-bond donors (Lipinski definition) is 2. The molecule has 0 spiro atoms. The van der Waals surface area contributed by atoms with Gasteiger partial charge in [0.05, 0.1) is 0 Å². The van der Waals surface area contributed by atoms with Crippen LogP contribution in [0, 0.1) is 0 Å². The number of rotatable bonds is 7. The molecule has 0 aromatic carbocycles. The van der Waals surface area contributed by atoms with Gasteiger partial charge < -0.3 is 15.7 Å². The van der Waals surface area contributed by atoms with Gasteiger partial charge in [-0.1, -0.05) is 19.8 Å². The molecule has 0 aliphatic carbocycles. The summed E-state index contributed by atoms with van der Waals surface area (Å²) >= 11 is 0. The van der Waals surface area contributed by atoms with Crippen LogP contribution < -0.4 is 5.73 Å². The van der Waals surface area contributed by atoms with Gasteiger partial charge in [0.1, 0.15) is 6.61 Å². The van der Waals surface area contributed by atoms with E-state index < -0.39 is 6.61 Å². The number of nitrogens with zero attached hydrogens (tertiary/aromatic N) is 1. The third-order valence-electron chi connectivity index (χ3n) is 1.92. The van der Waals surface area contributed by atoms with E-state index in [4.69, 9.17) is 10.8 Å². The summed E-state index contributed by atoms with van der Waals surface area (Å²) in [6.45, 7) is 3.42. The lowest BCUT2D eigenvalue weighted by atomic mass is 10.2. The number of unbranched alkanes of at least 4 members (excludes halogenated alkanes) is 2. The second kappa shape index (κ2) is 8.01. The maximum Gasteiger partial charge on any atom is 0.248 e. The lowest BCUT2D eigenvalue weighted by Gasteiger charge is -2.20. The zero-order valence-corrected chi connectivity index (χ0v) is 8.33. The molecule has 0 aromatic rings. The number of hydrogen-bond acceptors (Lipinski definition) is 3. The van der Waals surface area contributed by atoms with Crippen LogP contribution in [0.15, 0.2) is 0 Å². The minimum atomic E-state index is -0.411. The predicted octanol–water partition coefficient (Wildman–Crippen LogP) is -0.0438. The van der Waals surface area contributed by atoms with Crippen LogP contribution in [-0.4, -0.2) is 42.2 Å². The van der Waals surface area contributed by atoms with Crippen molar-refractivity contribution in [2.24, 2.45) is 5.73 Å². The van der Waals surface area contributed by atoms with Crippen molar-refractivity contribution in [2.45, 2.75) is 26.2 Å². The molecule has 78 valence electrons. The molecule has 0 aliphatic heterocycles. The second-order valence-corrected chi connectivity index (χ2v) is 3.03. The average molecular weight is 188 g/mol. The molecule has 0 aromatic heterocycles. The summed E-state index contributed by atoms with van der Waals surface area (Å²) in [5.74, 6) is -0.221. The van der Waals surface area contributed by atoms with Crippen molar-refractivity contribution in [3.05, 3.63) is 0 Å². The van der Waals surface area contributed by atoms with Crippen molar-refractivity contribution in [1.29, 1.82) is 0 Å². The fourth-order valence-electron chi connectivity index (χ4n) is 1.17. The molecule has 0 heterocycles. The van der Waals surface area contributed by atoms with E-state index in [0.29, 0.717) is 19.6 Å². The Hall–Kier alpha value is -0.610. The summed E-state index contributed by atoms with van der Waals surface area (Å²) in [5.41, 5.74) is 5.35. The molecular weight excluding hydrogens is 168 g/mol. The summed E-state index contributed by atoms with van der Waals surface area (Å²) in [4.78, 5) is 12.7. The van der Waals surface area contributed by atoms with Gasteiger partial charge in [-0.05, 0) is 6.42 Å². The van der Waals surface area contributed by atoms with Crippen molar-refractivity contribution in [1.82, 2.24) is 4.90 Å². The molecule has 3 N–H and O–H groups in total. The first-order valence-corrected chi connectivity index (χ1v) is 4.85. The molecule has 0 unspecified atom stereocenters. The molecular formula is C9H20N2O2. The summed E-state index contributed by atoms with van der Waals surface area (Å²) in [7, 11) is 0. The molecule has 4 heteroatoms. The van der Waals surface area contributed by atoms with Gasteiger partial charge in [0.15, 0.2) is 0 Å². The summed E-state index contributed by atoms with van der Waals surface area (Å²) in [6, 6.07) is 0. The normalized spacial score (nSPS) is 10.1. The third-order valence-corrected chi connectivity index (χ3v) is 1.92. The van der Waals surface area contributed by atoms with Crippen molar-refractivity contribution in [3.8, 4) is 0 Å². The van der Waals surface area contributed by atoms with Crippen LogP contribution in [0.2, 0.25) is 0 Å². The summed E-state index contributed by atoms with van der Waals surface area (Å²) in [5, 5.41) is 8.66. The van der Waals surface area contributed by atoms with E-state index in [1.807, 2.05) is 0 Å². The Morgan fingerprint density at radius 3 is 2.54 bits per heavy atom. The number of carbonyl (C=O) groups is 1. The van der Waals surface area contributed by atoms with Crippen molar-refractivity contribution >= 4 is 5.91 Å². The lowest BCUT2D eigenvalue weighted by Crippen LogP contribution is -2.37. The van der Waals surface area contributed by atoms with E-state index in [2.05, 4.69) is 6.92 Å². The van der Waals surface area contributed by atoms with Gasteiger partial charge in [-0.2, -0.15) is 0 Å². The predicted molar refractivity (Wildman–Crippen MR) is 52.2 cm³/mol. The Kier molecular flexibility index (Phi) is 7.63. The Balaban J connectivity index is 3.73. The highest BCUT2D eigenvalue weighted by Gasteiger charge is 2.09. The zero-order chi connectivity index (χ0) is 10.1. The summed E-state index contributed by atoms with van der Waals surface area (Å²) < 4.78 is 0. The number of nitrogens with two attached hydrogens (primary N) is 1. The Morgan fingerprint density at radius 2 is 2.08 bits per heavy atom. The topological polar surface area (TPSA) is 66.6 Å². The highest BCUT2D eigenvalue weighted by atomic mass is 16.3. The van der Waals surface area contributed by atoms with E-state index in [9.17, 15) is 4.79 Å². The van der Waals surface area contributed by atoms with Crippen LogP contribution in [-0.2, 0) is 4.79 Å². The van der Waals surface area contributed by atoms with Gasteiger partial charge in [-0.25, -0.2) is 0 Å². The van der Waals surface area contributed by atoms with Gasteiger partial charge in [0.25, 0.3) is 0 Å². The molecule has 0 saturated heterocycles. The molecule has 0 atom stereocenters. The SMILES string of the molecule is CCCCCN(CCN)C(=O)CO. The molecule has 0 radical (unpaired) electrons. The maximum atomic E-state index is 11.1. The van der Waals surface area contributed by atoms with Crippen LogP contribution in [0.25, 0.3) is 0 Å². The Bertz CT molecular complexity index is 140. The van der Waals surface area contributed by atoms with Gasteiger partial charge in [0.2, 0.25) is 5.91 Å². The molecule has 4 nitrogen and oxygen atoms in total. The number of carbonyl (C=O) groups excluding carboxylic acids is 1. The fourth-order valence-corrected chi connectivity index (χ4v) is 1.17. The van der Waals surface area contributed by atoms with Crippen molar-refractivity contribution < 1.29 is 9.90 Å². The van der Waals surface area contributed by atoms with E-state index in [1.165, 1.54) is 0 Å². The van der Waals surface area contributed by atoms with Crippen LogP contribution in [0.4, 0.5) is 0 Å². The smallest absolute Gasteiger partial charge is 0.248 e. The van der Waals surface area contributed by atoms with Crippen LogP contribution >= 0.6 is 0 Å². The fraction of sp³-hybridized carbons (Fsp3) is 0.889. The van der Waals surface area contributed by atoms with Crippen LogP contribution in [0.1, 0.15) is 26.2 Å². The quantitative estimate of drug-likeness (QED) is 0.551. The van der Waals surface area contributed by atoms with E-state index >= 15 is 0 Å². The molecule has 0 bridgehead atoms. The Labute approximate surface area is 79.7 Å². The molecule has 0 rings (SSSR count). The maximum absolute atomic E-state index is 11.1. The average Bonchev–Trinajstić information content (AvgIpc) is 2.16. The van der Waals surface area contributed by atoms with Gasteiger partial charge in [-0.15, -0.1) is 0 Å². The molecule has 0 saturated carbocycles. The lowest BCUT2D eigenvalue weighted by molar-refractivity contribution is -0.134. The van der Waals surface area contributed by atoms with Crippen LogP contribution in [0.3, 0.4) is 0 Å². The van der Waals surface area contributed by atoms with Crippen molar-refractivity contribution in [2.75, 3.05) is 26.2 Å². The third kappa shape index (κ3) is 5.60. The molecule has 0 fully saturated rings. The minimum absolute atomic E-state index is 0.221. The highest BCUT2D eigenvalue weighted by molar-refractivity contribution is 5.77. The monoisotopic (exact) mass is 188 g/mol. The first-order chi connectivity index (χ1) is 6.26. The molecule has 13 heavy (non-hydrogen) atoms. The largest absolute Gasteiger partial charge is 0.387 e. The van der Waals surface area contributed by atoms with E-state index in [1.54, 1.807) is 4.90 Å². The first kappa shape index (κ1) is 12.4. The Morgan fingerprint density at radius 1 is 1.38 bits per heavy atom. The van der Waals surface area contributed by atoms with E-state index in [-0.39, 0.29) is 5.91 Å². The first-order valence-electron chi connectivity index (χ1n) is 4.85. The van der Waals surface area contributed by atoms with Gasteiger partial charge in [0, 0.05) is 19.6 Å². The second-order valence-electron chi connectivity index (χ2n) is 3.03. The minimum Gasteiger partial charge on any atom is -0.387 e. The number of amides is 1. The summed E-state index contributed by atoms with van der Waals surface area (Å²) in [6.07, 6.45) is 3.23. The van der Waals surface area contributed by atoms with Gasteiger partial charge in [-0.3, -0.25) is 4.79 Å². The number of aliphatic hydroxyl groups excluding tert-OH is 1. The molecule has 0 aliphatic rings. The number of aliphatic hydroxyl groups is 1. The highest BCUT2D eigenvalue weighted by Crippen LogP contribution is 1.98. The van der Waals surface area contributed by atoms with E-state index in [0.717, 1.165) is 19.3 Å². The van der Waals surface area contributed by atoms with Crippen molar-refractivity contribution in [3.63, 3.8) is 0 Å².